The molecule has 4 heteroatoms. The van der Waals surface area contributed by atoms with Gasteiger partial charge in [0.15, 0.2) is 0 Å². The zero-order valence-corrected chi connectivity index (χ0v) is 11.6. The largest absolute Gasteiger partial charge is 0.398 e. The fraction of sp³-hybridized carbons (Fsp3) is 0.0625. The van der Waals surface area contributed by atoms with Gasteiger partial charge in [0, 0.05) is 28.8 Å². The summed E-state index contributed by atoms with van der Waals surface area (Å²) in [5.74, 6) is 0. The van der Waals surface area contributed by atoms with Gasteiger partial charge in [0.1, 0.15) is 0 Å². The molecule has 1 heterocycles. The number of aromatic nitrogens is 1. The number of rotatable bonds is 3. The Labute approximate surface area is 122 Å². The Balaban J connectivity index is 1.88. The molecule has 0 radical (unpaired) electrons. The van der Waals surface area contributed by atoms with Gasteiger partial charge in [0.2, 0.25) is 0 Å². The number of nitrogen functional groups attached to an aromatic ring is 1. The predicted molar refractivity (Wildman–Crippen MR) is 84.9 cm³/mol. The molecular weight excluding hydrogens is 270 g/mol. The van der Waals surface area contributed by atoms with Crippen LogP contribution in [0, 0.1) is 0 Å². The fourth-order valence-corrected chi connectivity index (χ4v) is 2.26. The van der Waals surface area contributed by atoms with E-state index in [1.165, 1.54) is 0 Å². The molecule has 20 heavy (non-hydrogen) atoms. The van der Waals surface area contributed by atoms with Gasteiger partial charge in [-0.15, -0.1) is 0 Å². The van der Waals surface area contributed by atoms with Crippen LogP contribution in [0.5, 0.6) is 0 Å². The zero-order chi connectivity index (χ0) is 13.9. The molecule has 0 bridgehead atoms. The highest BCUT2D eigenvalue weighted by Crippen LogP contribution is 2.26. The van der Waals surface area contributed by atoms with Gasteiger partial charge in [-0.25, -0.2) is 0 Å². The molecule has 2 aromatic carbocycles. The molecule has 3 N–H and O–H groups in total. The number of nitrogens with zero attached hydrogens (tertiary/aromatic N) is 1. The van der Waals surface area contributed by atoms with Crippen LogP contribution in [0.4, 0.5) is 11.4 Å². The van der Waals surface area contributed by atoms with Gasteiger partial charge in [-0.05, 0) is 42.0 Å². The van der Waals surface area contributed by atoms with E-state index in [1.54, 1.807) is 6.20 Å². The van der Waals surface area contributed by atoms with Gasteiger partial charge in [-0.3, -0.25) is 4.98 Å². The molecule has 3 rings (SSSR count). The monoisotopic (exact) mass is 283 g/mol. The number of hydrogen-bond donors (Lipinski definition) is 2. The standard InChI is InChI=1S/C16H14ClN3/c17-12-5-3-11(4-6-12)10-20-15-8-7-14(18)13-2-1-9-19-16(13)15/h1-9,20H,10,18H2. The van der Waals surface area contributed by atoms with E-state index in [2.05, 4.69) is 10.3 Å². The predicted octanol–water partition coefficient (Wildman–Crippen LogP) is 4.08. The lowest BCUT2D eigenvalue weighted by Gasteiger charge is -2.10. The first kappa shape index (κ1) is 12.8. The molecular formula is C16H14ClN3. The number of halogens is 1. The topological polar surface area (TPSA) is 50.9 Å². The molecule has 0 amide bonds. The van der Waals surface area contributed by atoms with Gasteiger partial charge in [0.25, 0.3) is 0 Å². The highest BCUT2D eigenvalue weighted by Gasteiger charge is 2.04. The van der Waals surface area contributed by atoms with Crippen molar-refractivity contribution in [3.63, 3.8) is 0 Å². The molecule has 0 spiro atoms. The normalized spacial score (nSPS) is 10.7. The molecule has 0 aliphatic carbocycles. The third-order valence-electron chi connectivity index (χ3n) is 3.20. The lowest BCUT2D eigenvalue weighted by atomic mass is 10.1. The maximum Gasteiger partial charge on any atom is 0.0953 e. The van der Waals surface area contributed by atoms with Crippen molar-refractivity contribution in [2.24, 2.45) is 0 Å². The number of pyridine rings is 1. The summed E-state index contributed by atoms with van der Waals surface area (Å²) < 4.78 is 0. The molecule has 0 atom stereocenters. The van der Waals surface area contributed by atoms with Crippen molar-refractivity contribution in [3.8, 4) is 0 Å². The van der Waals surface area contributed by atoms with Crippen LogP contribution in [-0.4, -0.2) is 4.98 Å². The second kappa shape index (κ2) is 5.39. The van der Waals surface area contributed by atoms with Crippen LogP contribution < -0.4 is 11.1 Å². The molecule has 0 fully saturated rings. The minimum Gasteiger partial charge on any atom is -0.398 e. The zero-order valence-electron chi connectivity index (χ0n) is 10.8. The van der Waals surface area contributed by atoms with E-state index in [1.807, 2.05) is 48.5 Å². The van der Waals surface area contributed by atoms with E-state index < -0.39 is 0 Å². The van der Waals surface area contributed by atoms with E-state index in [4.69, 9.17) is 17.3 Å². The SMILES string of the molecule is Nc1ccc(NCc2ccc(Cl)cc2)c2ncccc12. The molecule has 3 aromatic rings. The number of fused-ring (bicyclic) bond motifs is 1. The Morgan fingerprint density at radius 2 is 1.85 bits per heavy atom. The summed E-state index contributed by atoms with van der Waals surface area (Å²) in [4.78, 5) is 4.40. The summed E-state index contributed by atoms with van der Waals surface area (Å²) in [6.45, 7) is 0.715. The molecule has 0 saturated heterocycles. The Bertz CT molecular complexity index is 738. The number of anilines is 2. The van der Waals surface area contributed by atoms with Crippen LogP contribution in [0.2, 0.25) is 5.02 Å². The number of nitrogens with one attached hydrogen (secondary N) is 1. The van der Waals surface area contributed by atoms with E-state index in [-0.39, 0.29) is 0 Å². The average Bonchev–Trinajstić information content (AvgIpc) is 2.49. The second-order valence-electron chi connectivity index (χ2n) is 4.58. The van der Waals surface area contributed by atoms with Crippen LogP contribution in [0.25, 0.3) is 10.9 Å². The van der Waals surface area contributed by atoms with Crippen LogP contribution in [-0.2, 0) is 6.54 Å². The third kappa shape index (κ3) is 2.53. The molecule has 3 nitrogen and oxygen atoms in total. The average molecular weight is 284 g/mol. The summed E-state index contributed by atoms with van der Waals surface area (Å²) in [5, 5.41) is 5.10. The first-order valence-electron chi connectivity index (χ1n) is 6.35. The van der Waals surface area contributed by atoms with Crippen LogP contribution in [0.3, 0.4) is 0 Å². The van der Waals surface area contributed by atoms with Crippen molar-refractivity contribution < 1.29 is 0 Å². The van der Waals surface area contributed by atoms with Crippen molar-refractivity contribution in [3.05, 3.63) is 65.3 Å². The van der Waals surface area contributed by atoms with Crippen molar-refractivity contribution in [2.45, 2.75) is 6.54 Å². The van der Waals surface area contributed by atoms with Crippen molar-refractivity contribution in [1.82, 2.24) is 4.98 Å². The quantitative estimate of drug-likeness (QED) is 0.712. The van der Waals surface area contributed by atoms with Gasteiger partial charge < -0.3 is 11.1 Å². The van der Waals surface area contributed by atoms with E-state index in [9.17, 15) is 0 Å². The Morgan fingerprint density at radius 3 is 2.65 bits per heavy atom. The maximum absolute atomic E-state index is 5.97. The van der Waals surface area contributed by atoms with E-state index in [0.717, 1.165) is 32.9 Å². The van der Waals surface area contributed by atoms with Crippen LogP contribution in [0.15, 0.2) is 54.7 Å². The lowest BCUT2D eigenvalue weighted by Crippen LogP contribution is -2.01. The first-order chi connectivity index (χ1) is 9.74. The Hall–Kier alpha value is -2.26. The first-order valence-corrected chi connectivity index (χ1v) is 6.73. The molecule has 100 valence electrons. The van der Waals surface area contributed by atoms with Crippen molar-refractivity contribution in [1.29, 1.82) is 0 Å². The Morgan fingerprint density at radius 1 is 1.05 bits per heavy atom. The summed E-state index contributed by atoms with van der Waals surface area (Å²) in [7, 11) is 0. The summed E-state index contributed by atoms with van der Waals surface area (Å²) in [5.41, 5.74) is 9.74. The van der Waals surface area contributed by atoms with E-state index >= 15 is 0 Å². The lowest BCUT2D eigenvalue weighted by molar-refractivity contribution is 1.15. The van der Waals surface area contributed by atoms with Crippen LogP contribution in [0.1, 0.15) is 5.56 Å². The van der Waals surface area contributed by atoms with Gasteiger partial charge in [0.05, 0.1) is 11.2 Å². The van der Waals surface area contributed by atoms with Gasteiger partial charge in [-0.1, -0.05) is 23.7 Å². The summed E-state index contributed by atoms with van der Waals surface area (Å²) in [6.07, 6.45) is 1.77. The van der Waals surface area contributed by atoms with Gasteiger partial charge in [-0.2, -0.15) is 0 Å². The Kier molecular flexibility index (Phi) is 3.44. The number of hydrogen-bond acceptors (Lipinski definition) is 3. The molecule has 0 aliphatic rings. The van der Waals surface area contributed by atoms with Crippen molar-refractivity contribution >= 4 is 33.9 Å². The van der Waals surface area contributed by atoms with E-state index in [0.29, 0.717) is 6.54 Å². The fourth-order valence-electron chi connectivity index (χ4n) is 2.14. The summed E-state index contributed by atoms with van der Waals surface area (Å²) in [6, 6.07) is 15.5. The maximum atomic E-state index is 5.97. The molecule has 1 aromatic heterocycles. The molecule has 0 aliphatic heterocycles. The second-order valence-corrected chi connectivity index (χ2v) is 5.02. The molecule has 0 saturated carbocycles. The van der Waals surface area contributed by atoms with Crippen LogP contribution >= 0.6 is 11.6 Å². The minimum absolute atomic E-state index is 0.715. The van der Waals surface area contributed by atoms with Crippen molar-refractivity contribution in [2.75, 3.05) is 11.1 Å². The summed E-state index contributed by atoms with van der Waals surface area (Å²) >= 11 is 5.88. The molecule has 0 unspecified atom stereocenters. The van der Waals surface area contributed by atoms with Gasteiger partial charge >= 0.3 is 0 Å². The highest BCUT2D eigenvalue weighted by atomic mass is 35.5. The third-order valence-corrected chi connectivity index (χ3v) is 3.45. The highest BCUT2D eigenvalue weighted by molar-refractivity contribution is 6.30. The minimum atomic E-state index is 0.715. The number of nitrogens with two attached hydrogens (primary N) is 1. The smallest absolute Gasteiger partial charge is 0.0953 e. The number of benzene rings is 2.